The summed E-state index contributed by atoms with van der Waals surface area (Å²) < 4.78 is 5.79. The minimum absolute atomic E-state index is 0.00856. The predicted molar refractivity (Wildman–Crippen MR) is 74.6 cm³/mol. The van der Waals surface area contributed by atoms with Crippen LogP contribution in [-0.4, -0.2) is 37.2 Å². The van der Waals surface area contributed by atoms with E-state index in [1.807, 2.05) is 18.2 Å². The first kappa shape index (κ1) is 14.0. The van der Waals surface area contributed by atoms with Crippen molar-refractivity contribution in [1.29, 1.82) is 5.26 Å². The third kappa shape index (κ3) is 3.13. The van der Waals surface area contributed by atoms with E-state index in [4.69, 9.17) is 15.7 Å². The molecule has 1 fully saturated rings. The third-order valence-electron chi connectivity index (χ3n) is 3.56. The van der Waals surface area contributed by atoms with Gasteiger partial charge in [-0.3, -0.25) is 4.90 Å². The van der Waals surface area contributed by atoms with E-state index in [1.165, 1.54) is 0 Å². The van der Waals surface area contributed by atoms with Gasteiger partial charge in [-0.05, 0) is 30.7 Å². The van der Waals surface area contributed by atoms with Crippen molar-refractivity contribution < 1.29 is 4.74 Å². The molecule has 1 heterocycles. The Morgan fingerprint density at radius 3 is 3.05 bits per heavy atom. The van der Waals surface area contributed by atoms with Gasteiger partial charge >= 0.3 is 0 Å². The van der Waals surface area contributed by atoms with Gasteiger partial charge in [0.1, 0.15) is 0 Å². The smallest absolute Gasteiger partial charge is 0.0991 e. The van der Waals surface area contributed by atoms with Crippen molar-refractivity contribution in [3.8, 4) is 6.07 Å². The molecule has 1 aromatic carbocycles. The maximum absolute atomic E-state index is 9.03. The quantitative estimate of drug-likeness (QED) is 0.893. The van der Waals surface area contributed by atoms with Crippen LogP contribution >= 0.6 is 0 Å². The van der Waals surface area contributed by atoms with Gasteiger partial charge in [0, 0.05) is 13.1 Å². The van der Waals surface area contributed by atoms with Crippen LogP contribution in [0.3, 0.4) is 0 Å². The molecule has 19 heavy (non-hydrogen) atoms. The zero-order valence-electron chi connectivity index (χ0n) is 11.4. The number of nitrogens with two attached hydrogens (primary N) is 1. The molecule has 1 saturated heterocycles. The van der Waals surface area contributed by atoms with Crippen molar-refractivity contribution >= 4 is 0 Å². The number of ether oxygens (including phenoxy) is 1. The zero-order valence-corrected chi connectivity index (χ0v) is 11.4. The Morgan fingerprint density at radius 1 is 1.53 bits per heavy atom. The van der Waals surface area contributed by atoms with Crippen molar-refractivity contribution in [3.63, 3.8) is 0 Å². The summed E-state index contributed by atoms with van der Waals surface area (Å²) in [7, 11) is 0. The van der Waals surface area contributed by atoms with Gasteiger partial charge in [-0.25, -0.2) is 0 Å². The molecule has 2 N–H and O–H groups in total. The highest BCUT2D eigenvalue weighted by molar-refractivity contribution is 5.35. The Hall–Kier alpha value is -1.41. The van der Waals surface area contributed by atoms with Crippen LogP contribution in [0.4, 0.5) is 0 Å². The van der Waals surface area contributed by atoms with Crippen LogP contribution in [0.1, 0.15) is 30.5 Å². The van der Waals surface area contributed by atoms with Crippen LogP contribution in [0.5, 0.6) is 0 Å². The van der Waals surface area contributed by atoms with E-state index in [9.17, 15) is 0 Å². The minimum atomic E-state index is 0.00856. The molecule has 1 aromatic rings. The topological polar surface area (TPSA) is 62.3 Å². The number of nitriles is 1. The lowest BCUT2D eigenvalue weighted by Crippen LogP contribution is -2.48. The average Bonchev–Trinajstić information content (AvgIpc) is 2.47. The van der Waals surface area contributed by atoms with E-state index < -0.39 is 0 Å². The molecule has 2 atom stereocenters. The largest absolute Gasteiger partial charge is 0.374 e. The van der Waals surface area contributed by atoms with Crippen LogP contribution < -0.4 is 5.73 Å². The molecule has 0 aliphatic carbocycles. The minimum Gasteiger partial charge on any atom is -0.374 e. The highest BCUT2D eigenvalue weighted by Gasteiger charge is 2.32. The maximum atomic E-state index is 9.03. The lowest BCUT2D eigenvalue weighted by molar-refractivity contribution is -0.0676. The fourth-order valence-corrected chi connectivity index (χ4v) is 2.74. The second-order valence-corrected chi connectivity index (χ2v) is 4.86. The van der Waals surface area contributed by atoms with E-state index in [0.717, 1.165) is 31.7 Å². The molecule has 2 rings (SSSR count). The Labute approximate surface area is 114 Å². The summed E-state index contributed by atoms with van der Waals surface area (Å²) in [5.74, 6) is 0. The van der Waals surface area contributed by atoms with Gasteiger partial charge in [0.2, 0.25) is 0 Å². The zero-order chi connectivity index (χ0) is 13.7. The molecule has 0 bridgehead atoms. The molecule has 102 valence electrons. The summed E-state index contributed by atoms with van der Waals surface area (Å²) in [5.41, 5.74) is 7.66. The molecular weight excluding hydrogens is 238 g/mol. The maximum Gasteiger partial charge on any atom is 0.0991 e. The monoisotopic (exact) mass is 259 g/mol. The van der Waals surface area contributed by atoms with E-state index >= 15 is 0 Å². The molecular formula is C15H21N3O. The highest BCUT2D eigenvalue weighted by Crippen LogP contribution is 2.29. The number of morpholine rings is 1. The van der Waals surface area contributed by atoms with Gasteiger partial charge in [0.25, 0.3) is 0 Å². The van der Waals surface area contributed by atoms with Crippen LogP contribution in [0.2, 0.25) is 0 Å². The first-order chi connectivity index (χ1) is 9.30. The molecule has 4 nitrogen and oxygen atoms in total. The molecule has 0 saturated carbocycles. The van der Waals surface area contributed by atoms with Crippen molar-refractivity contribution in [3.05, 3.63) is 35.4 Å². The second kappa shape index (κ2) is 6.67. The molecule has 4 heteroatoms. The Balaban J connectivity index is 2.31. The van der Waals surface area contributed by atoms with Gasteiger partial charge in [-0.1, -0.05) is 19.1 Å². The van der Waals surface area contributed by atoms with Crippen LogP contribution in [-0.2, 0) is 4.74 Å². The van der Waals surface area contributed by atoms with Crippen LogP contribution in [0.15, 0.2) is 24.3 Å². The molecule has 1 aliphatic heterocycles. The van der Waals surface area contributed by atoms with Crippen molar-refractivity contribution in [2.24, 2.45) is 5.73 Å². The molecule has 2 unspecified atom stereocenters. The van der Waals surface area contributed by atoms with Gasteiger partial charge in [-0.15, -0.1) is 0 Å². The lowest BCUT2D eigenvalue weighted by Gasteiger charge is -2.41. The summed E-state index contributed by atoms with van der Waals surface area (Å²) in [6.07, 6.45) is 1.11. The van der Waals surface area contributed by atoms with Crippen molar-refractivity contribution in [1.82, 2.24) is 4.90 Å². The van der Waals surface area contributed by atoms with E-state index in [-0.39, 0.29) is 12.1 Å². The van der Waals surface area contributed by atoms with Gasteiger partial charge in [-0.2, -0.15) is 5.26 Å². The van der Waals surface area contributed by atoms with Crippen LogP contribution in [0.25, 0.3) is 0 Å². The summed E-state index contributed by atoms with van der Waals surface area (Å²) in [5, 5.41) is 9.03. The third-order valence-corrected chi connectivity index (χ3v) is 3.56. The molecule has 0 aromatic heterocycles. The number of hydrogen-bond donors (Lipinski definition) is 1. The Kier molecular flexibility index (Phi) is 4.92. The van der Waals surface area contributed by atoms with E-state index in [2.05, 4.69) is 24.0 Å². The van der Waals surface area contributed by atoms with Crippen molar-refractivity contribution in [2.75, 3.05) is 26.2 Å². The first-order valence-electron chi connectivity index (χ1n) is 6.86. The lowest BCUT2D eigenvalue weighted by atomic mass is 9.96. The van der Waals surface area contributed by atoms with Gasteiger partial charge in [0.05, 0.1) is 30.4 Å². The summed E-state index contributed by atoms with van der Waals surface area (Å²) in [6.45, 7) is 5.36. The summed E-state index contributed by atoms with van der Waals surface area (Å²) >= 11 is 0. The SMILES string of the molecule is CCCN1CCOC(CN)C1c1cccc(C#N)c1. The Bertz CT molecular complexity index is 453. The summed E-state index contributed by atoms with van der Waals surface area (Å²) in [6, 6.07) is 10.1. The number of rotatable bonds is 4. The standard InChI is InChI=1S/C15H21N3O/c1-2-6-18-7-8-19-14(11-17)15(18)13-5-3-4-12(9-13)10-16/h3-5,9,14-15H,2,6-8,11,17H2,1H3. The molecule has 0 radical (unpaired) electrons. The average molecular weight is 259 g/mol. The number of nitrogens with zero attached hydrogens (tertiary/aromatic N) is 2. The summed E-state index contributed by atoms with van der Waals surface area (Å²) in [4.78, 5) is 2.41. The molecule has 0 spiro atoms. The molecule has 0 amide bonds. The van der Waals surface area contributed by atoms with Gasteiger partial charge in [0.15, 0.2) is 0 Å². The first-order valence-corrected chi connectivity index (χ1v) is 6.86. The van der Waals surface area contributed by atoms with Crippen LogP contribution in [0, 0.1) is 11.3 Å². The predicted octanol–water partition coefficient (Wildman–Crippen LogP) is 1.67. The van der Waals surface area contributed by atoms with E-state index in [1.54, 1.807) is 0 Å². The number of hydrogen-bond acceptors (Lipinski definition) is 4. The van der Waals surface area contributed by atoms with Crippen molar-refractivity contribution in [2.45, 2.75) is 25.5 Å². The normalized spacial score (nSPS) is 24.1. The second-order valence-electron chi connectivity index (χ2n) is 4.86. The van der Waals surface area contributed by atoms with Gasteiger partial charge < -0.3 is 10.5 Å². The molecule has 1 aliphatic rings. The van der Waals surface area contributed by atoms with E-state index in [0.29, 0.717) is 12.1 Å². The Morgan fingerprint density at radius 2 is 2.37 bits per heavy atom. The fourth-order valence-electron chi connectivity index (χ4n) is 2.74. The highest BCUT2D eigenvalue weighted by atomic mass is 16.5. The number of benzene rings is 1. The fraction of sp³-hybridized carbons (Fsp3) is 0.533.